The Morgan fingerprint density at radius 3 is 2.40 bits per heavy atom. The number of allylic oxidation sites excluding steroid dienone is 2. The summed E-state index contributed by atoms with van der Waals surface area (Å²) in [6.45, 7) is 2.03. The highest BCUT2D eigenvalue weighted by atomic mass is 35.5. The molecule has 5 rings (SSSR count). The quantitative estimate of drug-likeness (QED) is 0.131. The van der Waals surface area contributed by atoms with Crippen LogP contribution < -0.4 is 0 Å². The van der Waals surface area contributed by atoms with Crippen LogP contribution in [0.5, 0.6) is 0 Å². The topological polar surface area (TPSA) is 79.9 Å². The molecule has 1 aromatic heterocycles. The van der Waals surface area contributed by atoms with Crippen molar-refractivity contribution in [1.29, 1.82) is 0 Å². The van der Waals surface area contributed by atoms with E-state index in [2.05, 4.69) is 10.2 Å². The van der Waals surface area contributed by atoms with Crippen molar-refractivity contribution < 1.29 is 17.6 Å². The lowest BCUT2D eigenvalue weighted by Crippen LogP contribution is -2.16. The Labute approximate surface area is 249 Å². The molecule has 0 bridgehead atoms. The smallest absolute Gasteiger partial charge is 0.170 e. The zero-order valence-electron chi connectivity index (χ0n) is 22.8. The number of nitrogens with zero attached hydrogens (tertiary/aromatic N) is 1. The van der Waals surface area contributed by atoms with Crippen LogP contribution in [0.4, 0.5) is 4.39 Å². The van der Waals surface area contributed by atoms with Crippen molar-refractivity contribution in [2.75, 3.05) is 5.75 Å². The minimum atomic E-state index is -3.59. The predicted molar refractivity (Wildman–Crippen MR) is 168 cm³/mol. The minimum absolute atomic E-state index is 0.181. The summed E-state index contributed by atoms with van der Waals surface area (Å²) in [5, 5.41) is 8.38. The summed E-state index contributed by atoms with van der Waals surface area (Å²) in [7, 11) is -3.59. The van der Waals surface area contributed by atoms with Gasteiger partial charge in [-0.2, -0.15) is 5.10 Å². The molecule has 0 radical (unpaired) electrons. The molecule has 0 fully saturated rings. The maximum absolute atomic E-state index is 13.9. The zero-order chi connectivity index (χ0) is 29.7. The number of halogens is 2. The second kappa shape index (κ2) is 12.7. The van der Waals surface area contributed by atoms with E-state index in [1.165, 1.54) is 18.2 Å². The summed E-state index contributed by atoms with van der Waals surface area (Å²) in [6, 6.07) is 26.8. The molecule has 0 aliphatic carbocycles. The number of benzene rings is 4. The van der Waals surface area contributed by atoms with Crippen LogP contribution in [0.25, 0.3) is 28.1 Å². The standard InChI is InChI=1S/C34H28ClFN2O3S/c1-2-30(31-16-14-28(36)19-32(31)35)34(26-13-17-33-27(18-26)20-37-38-33)25-11-8-23(9-12-25)10-15-29(39)22-42(40,41)21-24-6-4-3-5-7-24/h3-20H,2,21-22H2,1H3,(H,37,38)/b15-10+,34-30+. The van der Waals surface area contributed by atoms with Crippen LogP contribution in [0.2, 0.25) is 5.02 Å². The molecule has 0 amide bonds. The molecule has 0 aliphatic rings. The SMILES string of the molecule is CC/C(=C(/c1ccc(/C=C/C(=O)CS(=O)(=O)Cc2ccccc2)cc1)c1ccc2[nH]ncc2c1)c1ccc(F)cc1Cl. The number of nitrogens with one attached hydrogen (secondary N) is 1. The summed E-state index contributed by atoms with van der Waals surface area (Å²) >= 11 is 6.51. The highest BCUT2D eigenvalue weighted by Gasteiger charge is 2.18. The van der Waals surface area contributed by atoms with E-state index in [-0.39, 0.29) is 5.75 Å². The van der Waals surface area contributed by atoms with Crippen molar-refractivity contribution in [3.63, 3.8) is 0 Å². The molecule has 0 aliphatic heterocycles. The Hall–Kier alpha value is -4.33. The number of carbonyl (C=O) groups excluding carboxylic acids is 1. The van der Waals surface area contributed by atoms with Gasteiger partial charge >= 0.3 is 0 Å². The van der Waals surface area contributed by atoms with Gasteiger partial charge in [-0.1, -0.05) is 91.3 Å². The number of hydrogen-bond donors (Lipinski definition) is 1. The molecule has 5 aromatic rings. The van der Waals surface area contributed by atoms with E-state index in [1.807, 2.05) is 55.5 Å². The molecule has 0 atom stereocenters. The fraction of sp³-hybridized carbons (Fsp3) is 0.118. The third kappa shape index (κ3) is 6.93. The molecular weight excluding hydrogens is 571 g/mol. The lowest BCUT2D eigenvalue weighted by atomic mass is 9.87. The maximum atomic E-state index is 13.9. The largest absolute Gasteiger partial charge is 0.294 e. The van der Waals surface area contributed by atoms with Gasteiger partial charge in [-0.05, 0) is 75.7 Å². The first-order valence-electron chi connectivity index (χ1n) is 13.4. The van der Waals surface area contributed by atoms with E-state index >= 15 is 0 Å². The highest BCUT2D eigenvalue weighted by Crippen LogP contribution is 2.38. The van der Waals surface area contributed by atoms with E-state index in [0.29, 0.717) is 17.0 Å². The van der Waals surface area contributed by atoms with E-state index < -0.39 is 27.2 Å². The molecule has 4 aromatic carbocycles. The number of aromatic nitrogens is 2. The summed E-state index contributed by atoms with van der Waals surface area (Å²) in [6.07, 6.45) is 5.31. The Bertz CT molecular complexity index is 1910. The molecule has 1 N–H and O–H groups in total. The number of H-pyrrole nitrogens is 1. The molecular formula is C34H28ClFN2O3S. The molecule has 1 heterocycles. The van der Waals surface area contributed by atoms with Gasteiger partial charge in [0.15, 0.2) is 15.6 Å². The van der Waals surface area contributed by atoms with Crippen molar-refractivity contribution in [3.8, 4) is 0 Å². The maximum Gasteiger partial charge on any atom is 0.170 e. The number of fused-ring (bicyclic) bond motifs is 1. The number of ketones is 1. The average molecular weight is 599 g/mol. The lowest BCUT2D eigenvalue weighted by Gasteiger charge is -2.18. The number of rotatable bonds is 10. The Morgan fingerprint density at radius 2 is 1.69 bits per heavy atom. The molecule has 0 saturated heterocycles. The van der Waals surface area contributed by atoms with Crippen LogP contribution in [-0.4, -0.2) is 30.2 Å². The first-order chi connectivity index (χ1) is 20.2. The van der Waals surface area contributed by atoms with Crippen molar-refractivity contribution >= 4 is 55.3 Å². The third-order valence-electron chi connectivity index (χ3n) is 6.89. The van der Waals surface area contributed by atoms with Gasteiger partial charge in [0.1, 0.15) is 11.6 Å². The van der Waals surface area contributed by atoms with Crippen LogP contribution >= 0.6 is 11.6 Å². The Kier molecular flexibility index (Phi) is 8.80. The van der Waals surface area contributed by atoms with Crippen LogP contribution in [-0.2, 0) is 20.4 Å². The van der Waals surface area contributed by atoms with Crippen LogP contribution in [0, 0.1) is 5.82 Å². The van der Waals surface area contributed by atoms with Crippen molar-refractivity contribution in [2.24, 2.45) is 0 Å². The monoisotopic (exact) mass is 598 g/mol. The molecule has 212 valence electrons. The second-order valence-electron chi connectivity index (χ2n) is 9.94. The van der Waals surface area contributed by atoms with Crippen LogP contribution in [0.15, 0.2) is 103 Å². The summed E-state index contributed by atoms with van der Waals surface area (Å²) in [4.78, 5) is 12.5. The number of hydrogen-bond acceptors (Lipinski definition) is 4. The highest BCUT2D eigenvalue weighted by molar-refractivity contribution is 7.91. The van der Waals surface area contributed by atoms with E-state index in [9.17, 15) is 17.6 Å². The predicted octanol–water partition coefficient (Wildman–Crippen LogP) is 7.92. The van der Waals surface area contributed by atoms with Gasteiger partial charge in [-0.15, -0.1) is 0 Å². The molecule has 0 saturated carbocycles. The molecule has 5 nitrogen and oxygen atoms in total. The van der Waals surface area contributed by atoms with E-state index in [1.54, 1.807) is 42.6 Å². The summed E-state index contributed by atoms with van der Waals surface area (Å²) < 4.78 is 38.9. The van der Waals surface area contributed by atoms with Gasteiger partial charge < -0.3 is 0 Å². The van der Waals surface area contributed by atoms with Crippen LogP contribution in [0.1, 0.15) is 41.2 Å². The summed E-state index contributed by atoms with van der Waals surface area (Å²) in [5.74, 6) is -1.62. The van der Waals surface area contributed by atoms with Gasteiger partial charge in [0, 0.05) is 5.39 Å². The normalized spacial score (nSPS) is 12.5. The fourth-order valence-electron chi connectivity index (χ4n) is 4.94. The lowest BCUT2D eigenvalue weighted by molar-refractivity contribution is -0.112. The molecule has 0 unspecified atom stereocenters. The van der Waals surface area contributed by atoms with E-state index in [4.69, 9.17) is 11.6 Å². The van der Waals surface area contributed by atoms with Crippen molar-refractivity contribution in [2.45, 2.75) is 19.1 Å². The Balaban J connectivity index is 1.45. The van der Waals surface area contributed by atoms with Crippen molar-refractivity contribution in [1.82, 2.24) is 10.2 Å². The van der Waals surface area contributed by atoms with Gasteiger partial charge in [0.25, 0.3) is 0 Å². The number of carbonyl (C=O) groups is 1. The van der Waals surface area contributed by atoms with Gasteiger partial charge in [-0.25, -0.2) is 12.8 Å². The second-order valence-corrected chi connectivity index (χ2v) is 12.4. The molecule has 8 heteroatoms. The molecule has 42 heavy (non-hydrogen) atoms. The first kappa shape index (κ1) is 29.2. The number of aromatic amines is 1. The number of sulfone groups is 1. The third-order valence-corrected chi connectivity index (χ3v) is 8.70. The fourth-order valence-corrected chi connectivity index (χ4v) is 6.56. The first-order valence-corrected chi connectivity index (χ1v) is 15.6. The van der Waals surface area contributed by atoms with Crippen molar-refractivity contribution in [3.05, 3.63) is 142 Å². The zero-order valence-corrected chi connectivity index (χ0v) is 24.4. The average Bonchev–Trinajstić information content (AvgIpc) is 3.44. The Morgan fingerprint density at radius 1 is 0.952 bits per heavy atom. The molecule has 0 spiro atoms. The summed E-state index contributed by atoms with van der Waals surface area (Å²) in [5.41, 5.74) is 6.79. The van der Waals surface area contributed by atoms with Gasteiger partial charge in [-0.3, -0.25) is 9.89 Å². The van der Waals surface area contributed by atoms with E-state index in [0.717, 1.165) is 44.3 Å². The minimum Gasteiger partial charge on any atom is -0.294 e. The van der Waals surface area contributed by atoms with Crippen LogP contribution in [0.3, 0.4) is 0 Å². The van der Waals surface area contributed by atoms with Gasteiger partial charge in [0.2, 0.25) is 0 Å². The van der Waals surface area contributed by atoms with Gasteiger partial charge in [0.05, 0.1) is 22.5 Å².